The lowest BCUT2D eigenvalue weighted by atomic mass is 9.75. The molecule has 29 heavy (non-hydrogen) atoms. The fourth-order valence-corrected chi connectivity index (χ4v) is 4.11. The minimum atomic E-state index is -0.417. The Balaban J connectivity index is 1.77. The summed E-state index contributed by atoms with van der Waals surface area (Å²) in [7, 11) is 0. The topological polar surface area (TPSA) is 58.2 Å². The zero-order chi connectivity index (χ0) is 20.5. The number of nitrogens with one attached hydrogen (secondary N) is 2. The molecular formula is C24H23FN2O2. The number of dihydropyridines is 1. The molecule has 0 saturated heterocycles. The molecule has 2 aliphatic rings. The average Bonchev–Trinajstić information content (AvgIpc) is 2.69. The molecular weight excluding hydrogens is 367 g/mol. The smallest absolute Gasteiger partial charge is 0.254 e. The number of hydrogen-bond acceptors (Lipinski definition) is 3. The van der Waals surface area contributed by atoms with Crippen molar-refractivity contribution in [3.63, 3.8) is 0 Å². The molecule has 0 saturated carbocycles. The van der Waals surface area contributed by atoms with Crippen LogP contribution in [-0.4, -0.2) is 11.7 Å². The zero-order valence-corrected chi connectivity index (χ0v) is 16.5. The Morgan fingerprint density at radius 3 is 2.41 bits per heavy atom. The standard InChI is InChI=1S/C24H23FN2O2/c1-14-6-8-16(9-7-14)22-21(24(29)27-18-12-10-17(25)11-13-18)15(2)26-19-4-3-5-20(28)23(19)22/h6-13,22,26H,3-5H2,1-2H3,(H,27,29)/t22-/m0/s1. The molecule has 0 radical (unpaired) electrons. The van der Waals surface area contributed by atoms with Gasteiger partial charge in [0.05, 0.1) is 0 Å². The highest BCUT2D eigenvalue weighted by Gasteiger charge is 2.38. The molecule has 148 valence electrons. The van der Waals surface area contributed by atoms with E-state index < -0.39 is 5.92 Å². The first-order valence-corrected chi connectivity index (χ1v) is 9.81. The van der Waals surface area contributed by atoms with Crippen molar-refractivity contribution >= 4 is 17.4 Å². The highest BCUT2D eigenvalue weighted by molar-refractivity contribution is 6.09. The van der Waals surface area contributed by atoms with Crippen LogP contribution < -0.4 is 10.6 Å². The molecule has 4 rings (SSSR count). The van der Waals surface area contributed by atoms with Gasteiger partial charge in [0.25, 0.3) is 5.91 Å². The number of allylic oxidation sites excluding steroid dienone is 3. The minimum absolute atomic E-state index is 0.0870. The Hall–Kier alpha value is -3.21. The van der Waals surface area contributed by atoms with E-state index in [-0.39, 0.29) is 17.5 Å². The third kappa shape index (κ3) is 3.73. The average molecular weight is 390 g/mol. The number of anilines is 1. The molecule has 0 fully saturated rings. The molecule has 1 aliphatic carbocycles. The van der Waals surface area contributed by atoms with Crippen molar-refractivity contribution in [2.24, 2.45) is 0 Å². The minimum Gasteiger partial charge on any atom is -0.362 e. The van der Waals surface area contributed by atoms with E-state index in [9.17, 15) is 14.0 Å². The number of carbonyl (C=O) groups is 2. The summed E-state index contributed by atoms with van der Waals surface area (Å²) in [6.07, 6.45) is 2.11. The van der Waals surface area contributed by atoms with Gasteiger partial charge < -0.3 is 10.6 Å². The maximum atomic E-state index is 13.3. The summed E-state index contributed by atoms with van der Waals surface area (Å²) in [6.45, 7) is 3.87. The fourth-order valence-electron chi connectivity index (χ4n) is 4.11. The van der Waals surface area contributed by atoms with Crippen LogP contribution in [0.4, 0.5) is 10.1 Å². The van der Waals surface area contributed by atoms with Gasteiger partial charge >= 0.3 is 0 Å². The molecule has 4 nitrogen and oxygen atoms in total. The Morgan fingerprint density at radius 2 is 1.72 bits per heavy atom. The van der Waals surface area contributed by atoms with E-state index in [0.29, 0.717) is 23.3 Å². The second-order valence-electron chi connectivity index (χ2n) is 7.64. The highest BCUT2D eigenvalue weighted by Crippen LogP contribution is 2.42. The van der Waals surface area contributed by atoms with Gasteiger partial charge in [0.1, 0.15) is 5.82 Å². The monoisotopic (exact) mass is 390 g/mol. The first kappa shape index (κ1) is 19.1. The van der Waals surface area contributed by atoms with E-state index in [1.165, 1.54) is 24.3 Å². The van der Waals surface area contributed by atoms with Crippen molar-refractivity contribution in [1.29, 1.82) is 0 Å². The van der Waals surface area contributed by atoms with Gasteiger partial charge in [-0.3, -0.25) is 9.59 Å². The number of halogens is 1. The largest absolute Gasteiger partial charge is 0.362 e. The Morgan fingerprint density at radius 1 is 1.03 bits per heavy atom. The normalized spacial score (nSPS) is 19.0. The number of ketones is 1. The number of benzene rings is 2. The van der Waals surface area contributed by atoms with Gasteiger partial charge in [0.2, 0.25) is 0 Å². The molecule has 1 amide bonds. The second-order valence-corrected chi connectivity index (χ2v) is 7.64. The van der Waals surface area contributed by atoms with Crippen LogP contribution in [0.1, 0.15) is 43.2 Å². The van der Waals surface area contributed by atoms with E-state index in [4.69, 9.17) is 0 Å². The summed E-state index contributed by atoms with van der Waals surface area (Å²) in [5, 5.41) is 6.16. The van der Waals surface area contributed by atoms with Gasteiger partial charge in [0.15, 0.2) is 5.78 Å². The van der Waals surface area contributed by atoms with Gasteiger partial charge in [-0.2, -0.15) is 0 Å². The van der Waals surface area contributed by atoms with Crippen LogP contribution in [0.2, 0.25) is 0 Å². The Bertz CT molecular complexity index is 1030. The molecule has 0 unspecified atom stereocenters. The van der Waals surface area contributed by atoms with Crippen LogP contribution in [0.5, 0.6) is 0 Å². The van der Waals surface area contributed by atoms with E-state index in [1.54, 1.807) is 0 Å². The summed E-state index contributed by atoms with van der Waals surface area (Å²) in [5.74, 6) is -0.987. The second kappa shape index (κ2) is 7.66. The zero-order valence-electron chi connectivity index (χ0n) is 16.5. The van der Waals surface area contributed by atoms with Crippen LogP contribution in [0.15, 0.2) is 71.1 Å². The van der Waals surface area contributed by atoms with Crippen molar-refractivity contribution in [3.05, 3.63) is 88.0 Å². The van der Waals surface area contributed by atoms with Crippen molar-refractivity contribution in [3.8, 4) is 0 Å². The number of amides is 1. The Labute approximate surface area is 169 Å². The molecule has 0 aromatic heterocycles. The van der Waals surface area contributed by atoms with Crippen LogP contribution in [0.25, 0.3) is 0 Å². The van der Waals surface area contributed by atoms with E-state index in [2.05, 4.69) is 10.6 Å². The van der Waals surface area contributed by atoms with E-state index in [1.807, 2.05) is 38.1 Å². The first-order chi connectivity index (χ1) is 13.9. The molecule has 1 heterocycles. The van der Waals surface area contributed by atoms with Crippen LogP contribution in [0.3, 0.4) is 0 Å². The maximum Gasteiger partial charge on any atom is 0.254 e. The molecule has 2 N–H and O–H groups in total. The van der Waals surface area contributed by atoms with Gasteiger partial charge in [-0.05, 0) is 56.5 Å². The van der Waals surface area contributed by atoms with Gasteiger partial charge in [-0.15, -0.1) is 0 Å². The predicted octanol–water partition coefficient (Wildman–Crippen LogP) is 4.74. The lowest BCUT2D eigenvalue weighted by molar-refractivity contribution is -0.116. The van der Waals surface area contributed by atoms with Crippen LogP contribution in [0, 0.1) is 12.7 Å². The Kier molecular flexibility index (Phi) is 5.05. The van der Waals surface area contributed by atoms with Gasteiger partial charge in [-0.1, -0.05) is 29.8 Å². The third-order valence-corrected chi connectivity index (χ3v) is 5.53. The summed E-state index contributed by atoms with van der Waals surface area (Å²) in [4.78, 5) is 26.1. The van der Waals surface area contributed by atoms with E-state index >= 15 is 0 Å². The van der Waals surface area contributed by atoms with Crippen LogP contribution in [-0.2, 0) is 9.59 Å². The third-order valence-electron chi connectivity index (χ3n) is 5.53. The summed E-state index contributed by atoms with van der Waals surface area (Å²) in [6, 6.07) is 13.6. The molecule has 5 heteroatoms. The summed E-state index contributed by atoms with van der Waals surface area (Å²) >= 11 is 0. The summed E-state index contributed by atoms with van der Waals surface area (Å²) < 4.78 is 13.2. The molecule has 1 atom stereocenters. The number of aryl methyl sites for hydroxylation is 1. The number of rotatable bonds is 3. The fraction of sp³-hybridized carbons (Fsp3) is 0.250. The van der Waals surface area contributed by atoms with E-state index in [0.717, 1.165) is 35.4 Å². The van der Waals surface area contributed by atoms with Gasteiger partial charge in [-0.25, -0.2) is 4.39 Å². The quantitative estimate of drug-likeness (QED) is 0.796. The lowest BCUT2D eigenvalue weighted by Gasteiger charge is -2.34. The van der Waals surface area contributed by atoms with Crippen molar-refractivity contribution < 1.29 is 14.0 Å². The highest BCUT2D eigenvalue weighted by atomic mass is 19.1. The van der Waals surface area contributed by atoms with Gasteiger partial charge in [0, 0.05) is 40.6 Å². The lowest BCUT2D eigenvalue weighted by Crippen LogP contribution is -2.35. The molecule has 2 aromatic rings. The number of carbonyl (C=O) groups excluding carboxylic acids is 2. The predicted molar refractivity (Wildman–Crippen MR) is 111 cm³/mol. The molecule has 0 bridgehead atoms. The number of hydrogen-bond donors (Lipinski definition) is 2. The van der Waals surface area contributed by atoms with Crippen LogP contribution >= 0.6 is 0 Å². The summed E-state index contributed by atoms with van der Waals surface area (Å²) in [5.41, 5.74) is 5.41. The molecule has 0 spiro atoms. The van der Waals surface area contributed by atoms with Crippen molar-refractivity contribution in [2.45, 2.75) is 39.0 Å². The molecule has 1 aliphatic heterocycles. The first-order valence-electron chi connectivity index (χ1n) is 9.81. The SMILES string of the molecule is CC1=C(C(=O)Nc2ccc(F)cc2)[C@H](c2ccc(C)cc2)C2=C(CCCC2=O)N1. The maximum absolute atomic E-state index is 13.3. The van der Waals surface area contributed by atoms with Crippen molar-refractivity contribution in [1.82, 2.24) is 5.32 Å². The molecule has 2 aromatic carbocycles. The van der Waals surface area contributed by atoms with Crippen molar-refractivity contribution in [2.75, 3.05) is 5.32 Å². The number of Topliss-reactive ketones (excluding diaryl/α,β-unsaturated/α-hetero) is 1.